The van der Waals surface area contributed by atoms with Crippen LogP contribution in [-0.2, 0) is 9.59 Å². The number of fused-ring (bicyclic) bond motifs is 1. The Morgan fingerprint density at radius 3 is 2.45 bits per heavy atom. The van der Waals surface area contributed by atoms with Gasteiger partial charge in [0, 0.05) is 12.7 Å². The third kappa shape index (κ3) is 4.16. The Hall–Kier alpha value is -3.45. The monoisotopic (exact) mass is 446 g/mol. The number of rotatable bonds is 8. The molecule has 0 bridgehead atoms. The number of imidazole rings is 1. The van der Waals surface area contributed by atoms with Crippen LogP contribution >= 0.6 is 0 Å². The average molecular weight is 447 g/mol. The summed E-state index contributed by atoms with van der Waals surface area (Å²) in [5.41, 5.74) is 2.61. The third-order valence-corrected chi connectivity index (χ3v) is 6.35. The van der Waals surface area contributed by atoms with Crippen LogP contribution in [0.3, 0.4) is 0 Å². The summed E-state index contributed by atoms with van der Waals surface area (Å²) < 4.78 is 1.75. The van der Waals surface area contributed by atoms with Gasteiger partial charge in [-0.15, -0.1) is 0 Å². The largest absolute Gasteiger partial charge is 0.505 e. The molecule has 1 fully saturated rings. The fourth-order valence-corrected chi connectivity index (χ4v) is 4.62. The molecule has 1 aliphatic heterocycles. The van der Waals surface area contributed by atoms with Gasteiger partial charge in [-0.1, -0.05) is 50.2 Å². The molecule has 0 radical (unpaired) electrons. The topological polar surface area (TPSA) is 78.2 Å². The lowest BCUT2D eigenvalue weighted by Gasteiger charge is -2.26. The lowest BCUT2D eigenvalue weighted by molar-refractivity contribution is -0.140. The highest BCUT2D eigenvalue weighted by Crippen LogP contribution is 2.39. The van der Waals surface area contributed by atoms with Gasteiger partial charge in [0.05, 0.1) is 17.3 Å². The minimum atomic E-state index is -0.658. The summed E-state index contributed by atoms with van der Waals surface area (Å²) in [6, 6.07) is 14.3. The predicted molar refractivity (Wildman–Crippen MR) is 128 cm³/mol. The van der Waals surface area contributed by atoms with Crippen LogP contribution in [-0.4, -0.2) is 62.2 Å². The number of likely N-dealkylation sites (tertiary alicyclic amines) is 1. The second-order valence-corrected chi connectivity index (χ2v) is 8.26. The van der Waals surface area contributed by atoms with Crippen LogP contribution in [0.5, 0.6) is 0 Å². The zero-order chi connectivity index (χ0) is 23.5. The van der Waals surface area contributed by atoms with Crippen molar-refractivity contribution in [3.8, 4) is 0 Å². The van der Waals surface area contributed by atoms with Crippen LogP contribution in [0.25, 0.3) is 11.4 Å². The first-order chi connectivity index (χ1) is 16.0. The SMILES string of the molecule is CCN(CC)CCCN1C(=O)C(=O)/C(=C(/O)c2c(C)nc3ccccn23)[C@@H]1c1ccccc1. The van der Waals surface area contributed by atoms with Crippen molar-refractivity contribution < 1.29 is 14.7 Å². The number of carbonyl (C=O) groups excluding carboxylic acids is 2. The second-order valence-electron chi connectivity index (χ2n) is 8.26. The summed E-state index contributed by atoms with van der Waals surface area (Å²) >= 11 is 0. The second kappa shape index (κ2) is 9.58. The maximum Gasteiger partial charge on any atom is 0.295 e. The number of nitrogens with zero attached hydrogens (tertiary/aromatic N) is 4. The van der Waals surface area contributed by atoms with Crippen LogP contribution in [0.4, 0.5) is 0 Å². The molecule has 3 heterocycles. The summed E-state index contributed by atoms with van der Waals surface area (Å²) in [6.07, 6.45) is 2.54. The van der Waals surface area contributed by atoms with Gasteiger partial charge in [0.15, 0.2) is 5.76 Å². The molecule has 7 heteroatoms. The summed E-state index contributed by atoms with van der Waals surface area (Å²) in [4.78, 5) is 34.8. The Kier molecular flexibility index (Phi) is 6.60. The van der Waals surface area contributed by atoms with Crippen molar-refractivity contribution in [1.82, 2.24) is 19.2 Å². The van der Waals surface area contributed by atoms with E-state index < -0.39 is 17.7 Å². The average Bonchev–Trinajstić information content (AvgIpc) is 3.30. The number of ketones is 1. The van der Waals surface area contributed by atoms with Crippen molar-refractivity contribution in [1.29, 1.82) is 0 Å². The van der Waals surface area contributed by atoms with Crippen molar-refractivity contribution in [2.75, 3.05) is 26.2 Å². The number of hydrogen-bond acceptors (Lipinski definition) is 5. The molecule has 7 nitrogen and oxygen atoms in total. The molecule has 2 aromatic heterocycles. The molecule has 1 aromatic carbocycles. The van der Waals surface area contributed by atoms with Gasteiger partial charge in [0.2, 0.25) is 0 Å². The molecule has 1 amide bonds. The highest BCUT2D eigenvalue weighted by Gasteiger charge is 2.46. The number of amides is 1. The number of benzene rings is 1. The first-order valence-electron chi connectivity index (χ1n) is 11.5. The molecular formula is C26H30N4O3. The van der Waals surface area contributed by atoms with Crippen molar-refractivity contribution in [3.63, 3.8) is 0 Å². The van der Waals surface area contributed by atoms with Gasteiger partial charge in [-0.05, 0) is 50.7 Å². The molecule has 4 rings (SSSR count). The van der Waals surface area contributed by atoms with E-state index in [9.17, 15) is 14.7 Å². The van der Waals surface area contributed by atoms with E-state index in [-0.39, 0.29) is 11.3 Å². The number of pyridine rings is 1. The quantitative estimate of drug-likeness (QED) is 0.324. The first kappa shape index (κ1) is 22.7. The Morgan fingerprint density at radius 1 is 1.06 bits per heavy atom. The molecule has 1 saturated heterocycles. The fourth-order valence-electron chi connectivity index (χ4n) is 4.62. The highest BCUT2D eigenvalue weighted by atomic mass is 16.3. The number of aliphatic hydroxyl groups is 1. The van der Waals surface area contributed by atoms with E-state index in [0.29, 0.717) is 23.6 Å². The van der Waals surface area contributed by atoms with Gasteiger partial charge in [-0.2, -0.15) is 0 Å². The third-order valence-electron chi connectivity index (χ3n) is 6.35. The Bertz CT molecular complexity index is 1190. The number of aryl methyl sites for hydroxylation is 1. The Labute approximate surface area is 194 Å². The minimum absolute atomic E-state index is 0.114. The van der Waals surface area contributed by atoms with Gasteiger partial charge in [-0.3, -0.25) is 14.0 Å². The minimum Gasteiger partial charge on any atom is -0.505 e. The number of aliphatic hydroxyl groups excluding tert-OH is 1. The predicted octanol–water partition coefficient (Wildman–Crippen LogP) is 3.80. The smallest absolute Gasteiger partial charge is 0.295 e. The van der Waals surface area contributed by atoms with Gasteiger partial charge in [0.25, 0.3) is 11.7 Å². The molecular weight excluding hydrogens is 416 g/mol. The van der Waals surface area contributed by atoms with E-state index in [1.165, 1.54) is 0 Å². The molecule has 33 heavy (non-hydrogen) atoms. The summed E-state index contributed by atoms with van der Waals surface area (Å²) in [7, 11) is 0. The lowest BCUT2D eigenvalue weighted by Crippen LogP contribution is -2.33. The molecule has 0 aliphatic carbocycles. The number of carbonyl (C=O) groups is 2. The van der Waals surface area contributed by atoms with Gasteiger partial charge in [-0.25, -0.2) is 4.98 Å². The molecule has 0 unspecified atom stereocenters. The maximum absolute atomic E-state index is 13.2. The normalized spacial score (nSPS) is 18.1. The van der Waals surface area contributed by atoms with Crippen molar-refractivity contribution in [2.45, 2.75) is 33.2 Å². The molecule has 0 saturated carbocycles. The van der Waals surface area contributed by atoms with Gasteiger partial charge in [0.1, 0.15) is 11.3 Å². The van der Waals surface area contributed by atoms with Gasteiger partial charge >= 0.3 is 0 Å². The zero-order valence-electron chi connectivity index (χ0n) is 19.4. The van der Waals surface area contributed by atoms with E-state index >= 15 is 0 Å². The number of aromatic nitrogens is 2. The first-order valence-corrected chi connectivity index (χ1v) is 11.5. The molecule has 172 valence electrons. The van der Waals surface area contributed by atoms with E-state index in [1.807, 2.05) is 48.5 Å². The van der Waals surface area contributed by atoms with Crippen LogP contribution in [0.1, 0.15) is 43.3 Å². The standard InChI is InChI=1S/C26H30N4O3/c1-4-28(5-2)15-11-17-30-23(19-12-7-6-8-13-19)21(25(32)26(30)33)24(31)22-18(3)27-20-14-9-10-16-29(20)22/h6-10,12-14,16,23,31H,4-5,11,15,17H2,1-3H3/b24-21+/t23-/m0/s1. The maximum atomic E-state index is 13.2. The van der Waals surface area contributed by atoms with Crippen LogP contribution < -0.4 is 0 Å². The van der Waals surface area contributed by atoms with E-state index in [2.05, 4.69) is 23.7 Å². The molecule has 1 atom stereocenters. The van der Waals surface area contributed by atoms with Crippen LogP contribution in [0.2, 0.25) is 0 Å². The van der Waals surface area contributed by atoms with Crippen LogP contribution in [0, 0.1) is 6.92 Å². The van der Waals surface area contributed by atoms with E-state index in [1.54, 1.807) is 22.4 Å². The Morgan fingerprint density at radius 2 is 1.76 bits per heavy atom. The summed E-state index contributed by atoms with van der Waals surface area (Å²) in [5.74, 6) is -1.42. The number of Topliss-reactive ketones (excluding diaryl/α,β-unsaturated/α-hetero) is 1. The molecule has 0 spiro atoms. The van der Waals surface area contributed by atoms with Crippen LogP contribution in [0.15, 0.2) is 60.3 Å². The summed E-state index contributed by atoms with van der Waals surface area (Å²) in [5, 5.41) is 11.4. The molecule has 1 N–H and O–H groups in total. The fraction of sp³-hybridized carbons (Fsp3) is 0.346. The Balaban J connectivity index is 1.80. The number of hydrogen-bond donors (Lipinski definition) is 1. The van der Waals surface area contributed by atoms with Gasteiger partial charge < -0.3 is 14.9 Å². The highest BCUT2D eigenvalue weighted by molar-refractivity contribution is 6.46. The lowest BCUT2D eigenvalue weighted by atomic mass is 9.96. The van der Waals surface area contributed by atoms with E-state index in [0.717, 1.165) is 31.6 Å². The zero-order valence-corrected chi connectivity index (χ0v) is 19.4. The summed E-state index contributed by atoms with van der Waals surface area (Å²) in [6.45, 7) is 9.15. The van der Waals surface area contributed by atoms with Crippen molar-refractivity contribution >= 4 is 23.1 Å². The van der Waals surface area contributed by atoms with Crippen molar-refractivity contribution in [2.24, 2.45) is 0 Å². The van der Waals surface area contributed by atoms with Crippen molar-refractivity contribution in [3.05, 3.63) is 77.3 Å². The molecule has 3 aromatic rings. The molecule has 1 aliphatic rings. The van der Waals surface area contributed by atoms with E-state index in [4.69, 9.17) is 0 Å².